The number of carboxylic acid groups (broad SMARTS) is 1. The quantitative estimate of drug-likeness (QED) is 0.780. The van der Waals surface area contributed by atoms with E-state index in [1.165, 1.54) is 0 Å². The molecule has 3 nitrogen and oxygen atoms in total. The molecule has 3 atom stereocenters. The maximum Gasteiger partial charge on any atom is 0.306 e. The Morgan fingerprint density at radius 3 is 2.40 bits per heavy atom. The molecule has 1 saturated heterocycles. The summed E-state index contributed by atoms with van der Waals surface area (Å²) < 4.78 is 0. The molecule has 1 fully saturated rings. The van der Waals surface area contributed by atoms with Gasteiger partial charge in [-0.1, -0.05) is 20.8 Å². The predicted molar refractivity (Wildman–Crippen MR) is 60.8 cm³/mol. The van der Waals surface area contributed by atoms with E-state index in [0.717, 1.165) is 19.5 Å². The van der Waals surface area contributed by atoms with E-state index in [1.54, 1.807) is 0 Å². The smallest absolute Gasteiger partial charge is 0.306 e. The second-order valence-corrected chi connectivity index (χ2v) is 5.19. The summed E-state index contributed by atoms with van der Waals surface area (Å²) in [6.07, 6.45) is 0.799. The van der Waals surface area contributed by atoms with Crippen LogP contribution in [0.3, 0.4) is 0 Å². The summed E-state index contributed by atoms with van der Waals surface area (Å²) in [6, 6.07) is 0.558. The first-order valence-electron chi connectivity index (χ1n) is 5.90. The highest BCUT2D eigenvalue weighted by molar-refractivity contribution is 5.70. The second kappa shape index (κ2) is 4.97. The van der Waals surface area contributed by atoms with Gasteiger partial charge in [0, 0.05) is 12.6 Å². The van der Waals surface area contributed by atoms with Crippen molar-refractivity contribution >= 4 is 5.97 Å². The highest BCUT2D eigenvalue weighted by Gasteiger charge is 2.33. The van der Waals surface area contributed by atoms with Gasteiger partial charge in [-0.15, -0.1) is 0 Å². The molecule has 0 aromatic carbocycles. The fraction of sp³-hybridized carbons (Fsp3) is 0.917. The van der Waals surface area contributed by atoms with E-state index in [2.05, 4.69) is 32.6 Å². The normalized spacial score (nSPS) is 30.5. The third kappa shape index (κ3) is 2.94. The summed E-state index contributed by atoms with van der Waals surface area (Å²) >= 11 is 0. The third-order valence-corrected chi connectivity index (χ3v) is 3.79. The number of carboxylic acids is 1. The number of hydrogen-bond acceptors (Lipinski definition) is 2. The van der Waals surface area contributed by atoms with E-state index in [-0.39, 0.29) is 11.8 Å². The maximum atomic E-state index is 11.0. The SMILES string of the molecule is CC(C)C(C)N1CCC(C(=O)O)C(C)C1. The van der Waals surface area contributed by atoms with Gasteiger partial charge in [0.2, 0.25) is 0 Å². The first-order chi connectivity index (χ1) is 6.93. The zero-order chi connectivity index (χ0) is 11.6. The molecule has 1 rings (SSSR count). The minimum atomic E-state index is -0.626. The Balaban J connectivity index is 2.54. The molecule has 88 valence electrons. The maximum absolute atomic E-state index is 11.0. The number of rotatable bonds is 3. The van der Waals surface area contributed by atoms with E-state index in [1.807, 2.05) is 0 Å². The van der Waals surface area contributed by atoms with E-state index in [0.29, 0.717) is 12.0 Å². The van der Waals surface area contributed by atoms with Crippen LogP contribution >= 0.6 is 0 Å². The summed E-state index contributed by atoms with van der Waals surface area (Å²) in [4.78, 5) is 13.4. The van der Waals surface area contributed by atoms with Crippen LogP contribution in [0.4, 0.5) is 0 Å². The zero-order valence-electron chi connectivity index (χ0n) is 10.2. The van der Waals surface area contributed by atoms with Crippen molar-refractivity contribution in [2.75, 3.05) is 13.1 Å². The third-order valence-electron chi connectivity index (χ3n) is 3.79. The first-order valence-corrected chi connectivity index (χ1v) is 5.90. The number of aliphatic carboxylic acids is 1. The van der Waals surface area contributed by atoms with Crippen LogP contribution in [-0.2, 0) is 4.79 Å². The Bertz CT molecular complexity index is 228. The fourth-order valence-corrected chi connectivity index (χ4v) is 2.34. The number of nitrogens with zero attached hydrogens (tertiary/aromatic N) is 1. The Kier molecular flexibility index (Phi) is 4.14. The van der Waals surface area contributed by atoms with Gasteiger partial charge in [-0.05, 0) is 31.7 Å². The first kappa shape index (κ1) is 12.5. The lowest BCUT2D eigenvalue weighted by Gasteiger charge is -2.40. The standard InChI is InChI=1S/C12H23NO2/c1-8(2)10(4)13-6-5-11(12(14)15)9(3)7-13/h8-11H,5-7H2,1-4H3,(H,14,15). The molecule has 0 radical (unpaired) electrons. The summed E-state index contributed by atoms with van der Waals surface area (Å²) in [7, 11) is 0. The molecular formula is C12H23NO2. The molecule has 0 amide bonds. The van der Waals surface area contributed by atoms with Crippen molar-refractivity contribution in [1.29, 1.82) is 0 Å². The molecule has 0 bridgehead atoms. The lowest BCUT2D eigenvalue weighted by Crippen LogP contribution is -2.47. The van der Waals surface area contributed by atoms with Crippen molar-refractivity contribution < 1.29 is 9.90 Å². The summed E-state index contributed by atoms with van der Waals surface area (Å²) in [6.45, 7) is 10.6. The van der Waals surface area contributed by atoms with Crippen molar-refractivity contribution in [2.24, 2.45) is 17.8 Å². The molecule has 1 aliphatic rings. The topological polar surface area (TPSA) is 40.5 Å². The summed E-state index contributed by atoms with van der Waals surface area (Å²) in [5.41, 5.74) is 0. The van der Waals surface area contributed by atoms with Gasteiger partial charge in [-0.3, -0.25) is 4.79 Å². The molecule has 3 heteroatoms. The second-order valence-electron chi connectivity index (χ2n) is 5.19. The van der Waals surface area contributed by atoms with E-state index in [4.69, 9.17) is 5.11 Å². The van der Waals surface area contributed by atoms with Crippen molar-refractivity contribution in [2.45, 2.75) is 40.2 Å². The lowest BCUT2D eigenvalue weighted by atomic mass is 9.85. The number of hydrogen-bond donors (Lipinski definition) is 1. The van der Waals surface area contributed by atoms with Gasteiger partial charge in [-0.25, -0.2) is 0 Å². The van der Waals surface area contributed by atoms with Crippen molar-refractivity contribution in [1.82, 2.24) is 4.90 Å². The molecule has 0 aromatic rings. The van der Waals surface area contributed by atoms with Crippen molar-refractivity contribution in [3.05, 3.63) is 0 Å². The van der Waals surface area contributed by atoms with Crippen LogP contribution in [0, 0.1) is 17.8 Å². The molecule has 0 saturated carbocycles. The average Bonchev–Trinajstić information content (AvgIpc) is 2.15. The van der Waals surface area contributed by atoms with Gasteiger partial charge in [0.25, 0.3) is 0 Å². The van der Waals surface area contributed by atoms with Gasteiger partial charge in [-0.2, -0.15) is 0 Å². The van der Waals surface area contributed by atoms with Crippen LogP contribution < -0.4 is 0 Å². The Labute approximate surface area is 92.5 Å². The molecule has 0 aromatic heterocycles. The van der Waals surface area contributed by atoms with Crippen LogP contribution in [0.2, 0.25) is 0 Å². The fourth-order valence-electron chi connectivity index (χ4n) is 2.34. The van der Waals surface area contributed by atoms with E-state index < -0.39 is 5.97 Å². The average molecular weight is 213 g/mol. The van der Waals surface area contributed by atoms with Gasteiger partial charge in [0.05, 0.1) is 5.92 Å². The Hall–Kier alpha value is -0.570. The Morgan fingerprint density at radius 2 is 2.00 bits per heavy atom. The number of carbonyl (C=O) groups is 1. The van der Waals surface area contributed by atoms with Crippen LogP contribution in [-0.4, -0.2) is 35.1 Å². The minimum absolute atomic E-state index is 0.138. The molecule has 1 aliphatic heterocycles. The van der Waals surface area contributed by atoms with Crippen molar-refractivity contribution in [3.8, 4) is 0 Å². The highest BCUT2D eigenvalue weighted by atomic mass is 16.4. The molecule has 1 heterocycles. The summed E-state index contributed by atoms with van der Waals surface area (Å²) in [5, 5.41) is 9.02. The Morgan fingerprint density at radius 1 is 1.40 bits per heavy atom. The van der Waals surface area contributed by atoms with Gasteiger partial charge < -0.3 is 10.0 Å². The summed E-state index contributed by atoms with van der Waals surface area (Å²) in [5.74, 6) is 0.149. The van der Waals surface area contributed by atoms with Crippen molar-refractivity contribution in [3.63, 3.8) is 0 Å². The van der Waals surface area contributed by atoms with Crippen LogP contribution in [0.5, 0.6) is 0 Å². The molecular weight excluding hydrogens is 190 g/mol. The van der Waals surface area contributed by atoms with Gasteiger partial charge in [0.15, 0.2) is 0 Å². The van der Waals surface area contributed by atoms with Gasteiger partial charge >= 0.3 is 5.97 Å². The molecule has 0 spiro atoms. The zero-order valence-corrected chi connectivity index (χ0v) is 10.2. The largest absolute Gasteiger partial charge is 0.481 e. The molecule has 3 unspecified atom stereocenters. The van der Waals surface area contributed by atoms with Crippen LogP contribution in [0.15, 0.2) is 0 Å². The van der Waals surface area contributed by atoms with Gasteiger partial charge in [0.1, 0.15) is 0 Å². The predicted octanol–water partition coefficient (Wildman–Crippen LogP) is 2.07. The molecule has 15 heavy (non-hydrogen) atoms. The lowest BCUT2D eigenvalue weighted by molar-refractivity contribution is -0.145. The number of piperidine rings is 1. The molecule has 0 aliphatic carbocycles. The van der Waals surface area contributed by atoms with E-state index >= 15 is 0 Å². The highest BCUT2D eigenvalue weighted by Crippen LogP contribution is 2.26. The minimum Gasteiger partial charge on any atom is -0.481 e. The molecule has 1 N–H and O–H groups in total. The van der Waals surface area contributed by atoms with Crippen LogP contribution in [0.1, 0.15) is 34.1 Å². The number of likely N-dealkylation sites (tertiary alicyclic amines) is 1. The van der Waals surface area contributed by atoms with E-state index in [9.17, 15) is 4.79 Å². The monoisotopic (exact) mass is 213 g/mol. The van der Waals surface area contributed by atoms with Crippen LogP contribution in [0.25, 0.3) is 0 Å².